The molecule has 0 radical (unpaired) electrons. The van der Waals surface area contributed by atoms with Gasteiger partial charge in [0.2, 0.25) is 10.9 Å². The summed E-state index contributed by atoms with van der Waals surface area (Å²) in [6, 6.07) is 2.47. The number of hydrogen-bond acceptors (Lipinski definition) is 7. The standard InChI is InChI=1S/C13H16N4O5S/c1-21-13(18)10-4-5-11(22-10)23(19,20)15-6-7-17-8-14-16-12(17)9-2-3-9/h4-5,8-9,15H,2-3,6-7H2,1H3. The zero-order chi connectivity index (χ0) is 16.4. The Labute approximate surface area is 132 Å². The van der Waals surface area contributed by atoms with Crippen molar-refractivity contribution < 1.29 is 22.4 Å². The molecule has 3 rings (SSSR count). The molecule has 0 amide bonds. The number of esters is 1. The van der Waals surface area contributed by atoms with Gasteiger partial charge in [-0.15, -0.1) is 10.2 Å². The first-order valence-corrected chi connectivity index (χ1v) is 8.55. The molecule has 0 bridgehead atoms. The molecule has 0 aliphatic heterocycles. The van der Waals surface area contributed by atoms with Crippen molar-refractivity contribution in [3.05, 3.63) is 30.0 Å². The highest BCUT2D eigenvalue weighted by Crippen LogP contribution is 2.38. The maximum Gasteiger partial charge on any atom is 0.374 e. The van der Waals surface area contributed by atoms with Crippen LogP contribution >= 0.6 is 0 Å². The molecule has 1 aliphatic carbocycles. The van der Waals surface area contributed by atoms with E-state index in [4.69, 9.17) is 4.42 Å². The number of sulfonamides is 1. The Morgan fingerprint density at radius 3 is 2.96 bits per heavy atom. The molecule has 1 saturated carbocycles. The van der Waals surface area contributed by atoms with Crippen LogP contribution in [0.3, 0.4) is 0 Å². The van der Waals surface area contributed by atoms with Gasteiger partial charge in [-0.3, -0.25) is 0 Å². The summed E-state index contributed by atoms with van der Waals surface area (Å²) in [7, 11) is -2.64. The third kappa shape index (κ3) is 3.42. The second-order valence-electron chi connectivity index (χ2n) is 5.16. The minimum atomic E-state index is -3.83. The lowest BCUT2D eigenvalue weighted by Gasteiger charge is -2.07. The van der Waals surface area contributed by atoms with E-state index in [0.29, 0.717) is 12.5 Å². The molecule has 0 spiro atoms. The maximum absolute atomic E-state index is 12.1. The first-order valence-electron chi connectivity index (χ1n) is 7.07. The van der Waals surface area contributed by atoms with E-state index in [9.17, 15) is 13.2 Å². The summed E-state index contributed by atoms with van der Waals surface area (Å²) >= 11 is 0. The summed E-state index contributed by atoms with van der Waals surface area (Å²) in [4.78, 5) is 11.3. The van der Waals surface area contributed by atoms with Gasteiger partial charge in [0.1, 0.15) is 12.2 Å². The van der Waals surface area contributed by atoms with Crippen molar-refractivity contribution in [2.24, 2.45) is 0 Å². The molecule has 0 unspecified atom stereocenters. The molecule has 10 heteroatoms. The van der Waals surface area contributed by atoms with Gasteiger partial charge in [-0.1, -0.05) is 0 Å². The molecule has 0 atom stereocenters. The highest BCUT2D eigenvalue weighted by Gasteiger charge is 2.28. The third-order valence-electron chi connectivity index (χ3n) is 3.47. The van der Waals surface area contributed by atoms with Crippen LogP contribution in [-0.2, 0) is 21.3 Å². The van der Waals surface area contributed by atoms with Crippen LogP contribution in [0.5, 0.6) is 0 Å². The largest absolute Gasteiger partial charge is 0.463 e. The van der Waals surface area contributed by atoms with Gasteiger partial charge in [0, 0.05) is 19.0 Å². The summed E-state index contributed by atoms with van der Waals surface area (Å²) < 4.78 is 38.0. The summed E-state index contributed by atoms with van der Waals surface area (Å²) in [6.45, 7) is 0.580. The number of nitrogens with one attached hydrogen (secondary N) is 1. The second kappa shape index (κ2) is 6.13. The van der Waals surface area contributed by atoms with Crippen LogP contribution in [0.1, 0.15) is 35.1 Å². The highest BCUT2D eigenvalue weighted by molar-refractivity contribution is 7.89. The topological polar surface area (TPSA) is 116 Å². The number of carbonyl (C=O) groups excluding carboxylic acids is 1. The zero-order valence-corrected chi connectivity index (χ0v) is 13.2. The normalized spacial score (nSPS) is 14.8. The number of ether oxygens (including phenoxy) is 1. The second-order valence-corrected chi connectivity index (χ2v) is 6.86. The van der Waals surface area contributed by atoms with Gasteiger partial charge >= 0.3 is 5.97 Å². The molecule has 124 valence electrons. The quantitative estimate of drug-likeness (QED) is 0.730. The highest BCUT2D eigenvalue weighted by atomic mass is 32.2. The van der Waals surface area contributed by atoms with Gasteiger partial charge in [-0.05, 0) is 25.0 Å². The van der Waals surface area contributed by atoms with Crippen molar-refractivity contribution in [1.29, 1.82) is 0 Å². The number of nitrogens with zero attached hydrogens (tertiary/aromatic N) is 3. The van der Waals surface area contributed by atoms with Crippen LogP contribution in [-0.4, -0.2) is 42.8 Å². The van der Waals surface area contributed by atoms with Crippen molar-refractivity contribution in [3.63, 3.8) is 0 Å². The summed E-state index contributed by atoms with van der Waals surface area (Å²) in [5.74, 6) is 0.421. The van der Waals surface area contributed by atoms with Crippen molar-refractivity contribution in [2.75, 3.05) is 13.7 Å². The number of methoxy groups -OCH3 is 1. The Morgan fingerprint density at radius 2 is 2.26 bits per heavy atom. The van der Waals surface area contributed by atoms with E-state index in [1.165, 1.54) is 19.2 Å². The van der Waals surface area contributed by atoms with Crippen LogP contribution in [0.4, 0.5) is 0 Å². The molecule has 0 saturated heterocycles. The minimum Gasteiger partial charge on any atom is -0.463 e. The van der Waals surface area contributed by atoms with E-state index in [2.05, 4.69) is 19.7 Å². The Hall–Kier alpha value is -2.20. The van der Waals surface area contributed by atoms with E-state index in [0.717, 1.165) is 18.7 Å². The number of carbonyl (C=O) groups is 1. The van der Waals surface area contributed by atoms with Gasteiger partial charge in [0.15, 0.2) is 0 Å². The Morgan fingerprint density at radius 1 is 1.48 bits per heavy atom. The third-order valence-corrected chi connectivity index (χ3v) is 4.80. The smallest absolute Gasteiger partial charge is 0.374 e. The fourth-order valence-electron chi connectivity index (χ4n) is 2.14. The van der Waals surface area contributed by atoms with Crippen LogP contribution in [0.2, 0.25) is 0 Å². The molecule has 2 aromatic heterocycles. The van der Waals surface area contributed by atoms with Crippen LogP contribution < -0.4 is 4.72 Å². The Kier molecular flexibility index (Phi) is 4.18. The molecular weight excluding hydrogens is 324 g/mol. The summed E-state index contributed by atoms with van der Waals surface area (Å²) in [6.07, 6.45) is 3.77. The number of furan rings is 1. The summed E-state index contributed by atoms with van der Waals surface area (Å²) in [5, 5.41) is 7.57. The van der Waals surface area contributed by atoms with Crippen molar-refractivity contribution >= 4 is 16.0 Å². The molecule has 0 aromatic carbocycles. The van der Waals surface area contributed by atoms with Crippen molar-refractivity contribution in [1.82, 2.24) is 19.5 Å². The molecule has 9 nitrogen and oxygen atoms in total. The number of aromatic nitrogens is 3. The molecule has 1 aliphatic rings. The predicted molar refractivity (Wildman–Crippen MR) is 77.2 cm³/mol. The van der Waals surface area contributed by atoms with Gasteiger partial charge in [0.25, 0.3) is 10.0 Å². The fourth-order valence-corrected chi connectivity index (χ4v) is 3.09. The summed E-state index contributed by atoms with van der Waals surface area (Å²) in [5.41, 5.74) is 0. The van der Waals surface area contributed by atoms with Gasteiger partial charge in [0.05, 0.1) is 7.11 Å². The lowest BCUT2D eigenvalue weighted by molar-refractivity contribution is 0.0559. The molecule has 1 fully saturated rings. The van der Waals surface area contributed by atoms with Crippen molar-refractivity contribution in [3.8, 4) is 0 Å². The van der Waals surface area contributed by atoms with E-state index in [1.54, 1.807) is 6.33 Å². The number of rotatable bonds is 7. The molecule has 2 heterocycles. The van der Waals surface area contributed by atoms with Gasteiger partial charge < -0.3 is 13.7 Å². The van der Waals surface area contributed by atoms with Crippen LogP contribution in [0, 0.1) is 0 Å². The van der Waals surface area contributed by atoms with E-state index >= 15 is 0 Å². The lowest BCUT2D eigenvalue weighted by atomic mass is 10.4. The Balaban J connectivity index is 1.61. The zero-order valence-electron chi connectivity index (χ0n) is 12.4. The average Bonchev–Trinajstić information content (AvgIpc) is 3.06. The lowest BCUT2D eigenvalue weighted by Crippen LogP contribution is -2.27. The van der Waals surface area contributed by atoms with Gasteiger partial charge in [-0.25, -0.2) is 17.9 Å². The fraction of sp³-hybridized carbons (Fsp3) is 0.462. The van der Waals surface area contributed by atoms with E-state index in [-0.39, 0.29) is 17.4 Å². The monoisotopic (exact) mass is 340 g/mol. The first-order chi connectivity index (χ1) is 11.0. The first kappa shape index (κ1) is 15.7. The van der Waals surface area contributed by atoms with E-state index < -0.39 is 16.0 Å². The molecule has 2 aromatic rings. The van der Waals surface area contributed by atoms with E-state index in [1.807, 2.05) is 4.57 Å². The van der Waals surface area contributed by atoms with Crippen molar-refractivity contribution in [2.45, 2.75) is 30.4 Å². The number of hydrogen-bond donors (Lipinski definition) is 1. The van der Waals surface area contributed by atoms with Crippen LogP contribution in [0.15, 0.2) is 28.0 Å². The predicted octanol–water partition coefficient (Wildman–Crippen LogP) is 0.514. The molecule has 23 heavy (non-hydrogen) atoms. The van der Waals surface area contributed by atoms with Gasteiger partial charge in [-0.2, -0.15) is 0 Å². The average molecular weight is 340 g/mol. The molecule has 1 N–H and O–H groups in total. The SMILES string of the molecule is COC(=O)c1ccc(S(=O)(=O)NCCn2cnnc2C2CC2)o1. The Bertz CT molecular complexity index is 806. The van der Waals surface area contributed by atoms with Crippen LogP contribution in [0.25, 0.3) is 0 Å². The maximum atomic E-state index is 12.1. The minimum absolute atomic E-state index is 0.161. The molecular formula is C13H16N4O5S.